The Balaban J connectivity index is 1.59. The molecule has 2 aromatic heterocycles. The van der Waals surface area contributed by atoms with Gasteiger partial charge >= 0.3 is 0 Å². The second-order valence-electron chi connectivity index (χ2n) is 7.74. The molecule has 0 bridgehead atoms. The zero-order valence-corrected chi connectivity index (χ0v) is 17.1. The van der Waals surface area contributed by atoms with Crippen molar-refractivity contribution >= 4 is 22.5 Å². The number of H-pyrrole nitrogens is 1. The van der Waals surface area contributed by atoms with Crippen LogP contribution in [-0.4, -0.2) is 27.4 Å². The predicted molar refractivity (Wildman–Crippen MR) is 122 cm³/mol. The average Bonchev–Trinajstić information content (AvgIpc) is 3.08. The third-order valence-electron chi connectivity index (χ3n) is 5.69. The molecule has 2 aromatic carbocycles. The molecule has 7 heteroatoms. The summed E-state index contributed by atoms with van der Waals surface area (Å²) < 4.78 is 0. The number of aromatic nitrogens is 3. The molecule has 1 amide bonds. The van der Waals surface area contributed by atoms with Gasteiger partial charge < -0.3 is 21.4 Å². The van der Waals surface area contributed by atoms with Crippen molar-refractivity contribution in [1.82, 2.24) is 20.3 Å². The van der Waals surface area contributed by atoms with Crippen LogP contribution >= 0.6 is 0 Å². The fourth-order valence-corrected chi connectivity index (χ4v) is 4.14. The Labute approximate surface area is 180 Å². The molecule has 0 saturated heterocycles. The number of carbonyl (C=O) groups is 1. The number of carbonyl (C=O) groups excluding carboxylic acids is 1. The Bertz CT molecular complexity index is 1250. The van der Waals surface area contributed by atoms with Gasteiger partial charge in [-0.15, -0.1) is 0 Å². The zero-order chi connectivity index (χ0) is 21.2. The molecule has 0 unspecified atom stereocenters. The second kappa shape index (κ2) is 8.20. The topological polar surface area (TPSA) is 109 Å². The third-order valence-corrected chi connectivity index (χ3v) is 5.69. The van der Waals surface area contributed by atoms with Crippen LogP contribution in [0, 0.1) is 0 Å². The van der Waals surface area contributed by atoms with Gasteiger partial charge in [0.15, 0.2) is 5.82 Å². The Kier molecular flexibility index (Phi) is 5.09. The van der Waals surface area contributed by atoms with Crippen LogP contribution in [0.2, 0.25) is 0 Å². The third kappa shape index (κ3) is 3.75. The number of benzene rings is 2. The van der Waals surface area contributed by atoms with Crippen molar-refractivity contribution in [2.24, 2.45) is 5.73 Å². The molecule has 0 saturated carbocycles. The van der Waals surface area contributed by atoms with Crippen LogP contribution in [0.5, 0.6) is 0 Å². The van der Waals surface area contributed by atoms with Crippen molar-refractivity contribution in [2.75, 3.05) is 11.9 Å². The van der Waals surface area contributed by atoms with Gasteiger partial charge in [-0.3, -0.25) is 4.79 Å². The molecule has 1 aliphatic rings. The summed E-state index contributed by atoms with van der Waals surface area (Å²) in [7, 11) is 0. The van der Waals surface area contributed by atoms with Gasteiger partial charge in [-0.1, -0.05) is 42.5 Å². The molecular formula is C24H24N6O. The number of aromatic amines is 1. The number of anilines is 1. The second-order valence-corrected chi connectivity index (χ2v) is 7.74. The number of fused-ring (bicyclic) bond motifs is 2. The highest BCUT2D eigenvalue weighted by atomic mass is 16.1. The Morgan fingerprint density at radius 3 is 2.77 bits per heavy atom. The summed E-state index contributed by atoms with van der Waals surface area (Å²) in [6.45, 7) is 2.35. The fourth-order valence-electron chi connectivity index (χ4n) is 4.14. The molecule has 0 radical (unpaired) electrons. The van der Waals surface area contributed by atoms with Gasteiger partial charge in [-0.05, 0) is 31.0 Å². The minimum Gasteiger partial charge on any atom is -0.366 e. The summed E-state index contributed by atoms with van der Waals surface area (Å²) in [6, 6.07) is 15.8. The van der Waals surface area contributed by atoms with Crippen molar-refractivity contribution in [2.45, 2.75) is 25.9 Å². The van der Waals surface area contributed by atoms with Gasteiger partial charge in [0, 0.05) is 41.2 Å². The van der Waals surface area contributed by atoms with E-state index in [0.717, 1.165) is 47.4 Å². The summed E-state index contributed by atoms with van der Waals surface area (Å²) in [6.07, 6.45) is 3.77. The lowest BCUT2D eigenvalue weighted by molar-refractivity contribution is 0.100. The highest BCUT2D eigenvalue weighted by molar-refractivity contribution is 6.09. The van der Waals surface area contributed by atoms with Crippen LogP contribution in [0.25, 0.3) is 22.3 Å². The first kappa shape index (κ1) is 19.3. The molecule has 5 rings (SSSR count). The van der Waals surface area contributed by atoms with E-state index in [1.54, 1.807) is 12.3 Å². The van der Waals surface area contributed by atoms with Crippen molar-refractivity contribution in [3.63, 3.8) is 0 Å². The lowest BCUT2D eigenvalue weighted by Gasteiger charge is -2.15. The van der Waals surface area contributed by atoms with Crippen molar-refractivity contribution in [3.8, 4) is 11.5 Å². The van der Waals surface area contributed by atoms with E-state index in [0.29, 0.717) is 24.5 Å². The largest absolute Gasteiger partial charge is 0.366 e. The molecular weight excluding hydrogens is 388 g/mol. The van der Waals surface area contributed by atoms with E-state index in [4.69, 9.17) is 15.7 Å². The molecule has 7 nitrogen and oxygen atoms in total. The number of rotatable bonds is 5. The first-order chi connectivity index (χ1) is 15.2. The maximum atomic E-state index is 11.8. The minimum absolute atomic E-state index is 0.451. The summed E-state index contributed by atoms with van der Waals surface area (Å²) in [4.78, 5) is 24.9. The molecule has 0 fully saturated rings. The van der Waals surface area contributed by atoms with Gasteiger partial charge in [0.2, 0.25) is 5.91 Å². The predicted octanol–water partition coefficient (Wildman–Crippen LogP) is 3.37. The Hall–Kier alpha value is -3.71. The number of primary amides is 1. The van der Waals surface area contributed by atoms with E-state index in [1.165, 1.54) is 11.1 Å². The maximum absolute atomic E-state index is 11.8. The number of hydrogen-bond acceptors (Lipinski definition) is 5. The average molecular weight is 412 g/mol. The molecule has 156 valence electrons. The first-order valence-electron chi connectivity index (χ1n) is 10.5. The van der Waals surface area contributed by atoms with E-state index in [9.17, 15) is 4.79 Å². The van der Waals surface area contributed by atoms with Crippen molar-refractivity contribution in [1.29, 1.82) is 0 Å². The normalized spacial score (nSPS) is 13.5. The van der Waals surface area contributed by atoms with E-state index in [1.807, 2.05) is 30.3 Å². The summed E-state index contributed by atoms with van der Waals surface area (Å²) in [5.74, 6) is 1.02. The van der Waals surface area contributed by atoms with Gasteiger partial charge in [-0.25, -0.2) is 9.97 Å². The van der Waals surface area contributed by atoms with Crippen LogP contribution in [0.4, 0.5) is 5.82 Å². The number of nitrogens with two attached hydrogens (primary N) is 1. The summed E-state index contributed by atoms with van der Waals surface area (Å²) >= 11 is 0. The van der Waals surface area contributed by atoms with E-state index < -0.39 is 5.91 Å². The number of hydrogen-bond donors (Lipinski definition) is 4. The molecule has 31 heavy (non-hydrogen) atoms. The van der Waals surface area contributed by atoms with Crippen LogP contribution in [0.1, 0.15) is 33.6 Å². The number of amides is 1. The molecule has 0 spiro atoms. The molecule has 0 aliphatic carbocycles. The quantitative estimate of drug-likeness (QED) is 0.402. The monoisotopic (exact) mass is 412 g/mol. The van der Waals surface area contributed by atoms with E-state index in [2.05, 4.69) is 27.8 Å². The molecule has 5 N–H and O–H groups in total. The van der Waals surface area contributed by atoms with Crippen LogP contribution in [-0.2, 0) is 19.5 Å². The molecule has 3 heterocycles. The fraction of sp³-hybridized carbons (Fsp3) is 0.208. The van der Waals surface area contributed by atoms with Crippen molar-refractivity contribution in [3.05, 3.63) is 77.1 Å². The highest BCUT2D eigenvalue weighted by Gasteiger charge is 2.20. The van der Waals surface area contributed by atoms with Gasteiger partial charge in [0.25, 0.3) is 0 Å². The zero-order valence-electron chi connectivity index (χ0n) is 17.1. The van der Waals surface area contributed by atoms with Gasteiger partial charge in [0.05, 0.1) is 11.4 Å². The number of nitrogens with zero attached hydrogens (tertiary/aromatic N) is 2. The lowest BCUT2D eigenvalue weighted by atomic mass is 10.1. The number of nitrogens with one attached hydrogen (secondary N) is 3. The molecule has 1 aliphatic heterocycles. The Morgan fingerprint density at radius 2 is 1.94 bits per heavy atom. The summed E-state index contributed by atoms with van der Waals surface area (Å²) in [5.41, 5.74) is 10.2. The highest BCUT2D eigenvalue weighted by Crippen LogP contribution is 2.31. The van der Waals surface area contributed by atoms with E-state index >= 15 is 0 Å². The van der Waals surface area contributed by atoms with E-state index in [-0.39, 0.29) is 0 Å². The van der Waals surface area contributed by atoms with Crippen LogP contribution in [0.15, 0.2) is 54.7 Å². The molecule has 4 aromatic rings. The minimum atomic E-state index is -0.451. The standard InChI is InChI=1S/C24H24N6O/c25-22(31)17-9-4-8-16-19(17)13-27-21(16)24-29-20-14-26-11-5-10-18(20)23(30-24)28-12-15-6-2-1-3-7-15/h1-4,6-9,13,26-27H,5,10-12,14H2,(H2,25,31)(H,28,29,30). The van der Waals surface area contributed by atoms with Crippen LogP contribution < -0.4 is 16.4 Å². The Morgan fingerprint density at radius 1 is 1.06 bits per heavy atom. The van der Waals surface area contributed by atoms with Crippen molar-refractivity contribution < 1.29 is 4.79 Å². The summed E-state index contributed by atoms with van der Waals surface area (Å²) in [5, 5.41) is 8.64. The SMILES string of the molecule is NC(=O)c1cccc2c(-c3nc4c(c(NCc5ccccc5)n3)CCCNC4)[nH]cc12. The van der Waals surface area contributed by atoms with Gasteiger partial charge in [0.1, 0.15) is 5.82 Å². The lowest BCUT2D eigenvalue weighted by Crippen LogP contribution is -2.14. The molecule has 0 atom stereocenters. The first-order valence-corrected chi connectivity index (χ1v) is 10.5. The smallest absolute Gasteiger partial charge is 0.249 e. The van der Waals surface area contributed by atoms with Gasteiger partial charge in [-0.2, -0.15) is 0 Å². The van der Waals surface area contributed by atoms with Crippen LogP contribution in [0.3, 0.4) is 0 Å². The maximum Gasteiger partial charge on any atom is 0.249 e.